The SMILES string of the molecule is CC(=O)c1cc(CN2Cc3ccccc3[C@H](O)C2)cs1. The number of benzene rings is 1. The first kappa shape index (κ1) is 13.5. The van der Waals surface area contributed by atoms with Crippen LogP contribution in [0.2, 0.25) is 0 Å². The van der Waals surface area contributed by atoms with E-state index in [1.54, 1.807) is 6.92 Å². The summed E-state index contributed by atoms with van der Waals surface area (Å²) in [4.78, 5) is 14.3. The summed E-state index contributed by atoms with van der Waals surface area (Å²) in [5.74, 6) is 0.116. The van der Waals surface area contributed by atoms with Gasteiger partial charge in [0.25, 0.3) is 0 Å². The van der Waals surface area contributed by atoms with Gasteiger partial charge in [-0.2, -0.15) is 0 Å². The fraction of sp³-hybridized carbons (Fsp3) is 0.312. The number of aliphatic hydroxyl groups is 1. The molecule has 20 heavy (non-hydrogen) atoms. The molecule has 0 aliphatic carbocycles. The van der Waals surface area contributed by atoms with Crippen LogP contribution in [0.25, 0.3) is 0 Å². The van der Waals surface area contributed by atoms with E-state index < -0.39 is 6.10 Å². The Balaban J connectivity index is 1.75. The molecule has 0 spiro atoms. The summed E-state index contributed by atoms with van der Waals surface area (Å²) in [6, 6.07) is 10.00. The molecule has 0 saturated carbocycles. The van der Waals surface area contributed by atoms with Gasteiger partial charge in [-0.05, 0) is 35.1 Å². The van der Waals surface area contributed by atoms with Gasteiger partial charge in [0, 0.05) is 19.6 Å². The number of carbonyl (C=O) groups excluding carboxylic acids is 1. The zero-order valence-electron chi connectivity index (χ0n) is 11.4. The fourth-order valence-corrected chi connectivity index (χ4v) is 3.48. The third kappa shape index (κ3) is 2.68. The van der Waals surface area contributed by atoms with E-state index in [1.807, 2.05) is 29.6 Å². The molecule has 4 heteroatoms. The van der Waals surface area contributed by atoms with Crippen molar-refractivity contribution in [3.05, 3.63) is 57.3 Å². The van der Waals surface area contributed by atoms with Crippen LogP contribution in [0.15, 0.2) is 35.7 Å². The normalized spacial score (nSPS) is 18.8. The number of ketones is 1. The first-order valence-corrected chi connectivity index (χ1v) is 7.58. The summed E-state index contributed by atoms with van der Waals surface area (Å²) in [6.07, 6.45) is -0.425. The van der Waals surface area contributed by atoms with Gasteiger partial charge in [-0.15, -0.1) is 11.3 Å². The van der Waals surface area contributed by atoms with Crippen LogP contribution >= 0.6 is 11.3 Å². The Morgan fingerprint density at radius 2 is 2.25 bits per heavy atom. The van der Waals surface area contributed by atoms with Crippen molar-refractivity contribution >= 4 is 17.1 Å². The molecule has 0 saturated heterocycles. The van der Waals surface area contributed by atoms with Gasteiger partial charge in [0.1, 0.15) is 0 Å². The molecular weight excluding hydrogens is 270 g/mol. The molecule has 2 aromatic rings. The quantitative estimate of drug-likeness (QED) is 0.882. The van der Waals surface area contributed by atoms with Gasteiger partial charge >= 0.3 is 0 Å². The van der Waals surface area contributed by atoms with Crippen LogP contribution in [0, 0.1) is 0 Å². The van der Waals surface area contributed by atoms with Crippen LogP contribution in [0.5, 0.6) is 0 Å². The molecule has 1 aromatic carbocycles. The highest BCUT2D eigenvalue weighted by atomic mass is 32.1. The minimum absolute atomic E-state index is 0.116. The van der Waals surface area contributed by atoms with E-state index in [-0.39, 0.29) is 5.78 Å². The van der Waals surface area contributed by atoms with Crippen LogP contribution in [0.3, 0.4) is 0 Å². The summed E-state index contributed by atoms with van der Waals surface area (Å²) >= 11 is 1.49. The summed E-state index contributed by atoms with van der Waals surface area (Å²) < 4.78 is 0. The molecule has 104 valence electrons. The number of rotatable bonds is 3. The number of nitrogens with zero attached hydrogens (tertiary/aromatic N) is 1. The van der Waals surface area contributed by atoms with Crippen molar-refractivity contribution in [2.24, 2.45) is 0 Å². The van der Waals surface area contributed by atoms with Gasteiger partial charge < -0.3 is 5.11 Å². The van der Waals surface area contributed by atoms with E-state index in [0.29, 0.717) is 6.54 Å². The van der Waals surface area contributed by atoms with Crippen molar-refractivity contribution in [3.8, 4) is 0 Å². The first-order valence-electron chi connectivity index (χ1n) is 6.70. The predicted octanol–water partition coefficient (Wildman–Crippen LogP) is 3.00. The topological polar surface area (TPSA) is 40.5 Å². The van der Waals surface area contributed by atoms with Crippen molar-refractivity contribution < 1.29 is 9.90 Å². The standard InChI is InChI=1S/C16H17NO2S/c1-11(18)16-6-12(10-20-16)7-17-8-13-4-2-3-5-14(13)15(19)9-17/h2-6,10,15,19H,7-9H2,1H3/t15-/m1/s1. The third-order valence-electron chi connectivity index (χ3n) is 3.65. The zero-order valence-corrected chi connectivity index (χ0v) is 12.2. The number of fused-ring (bicyclic) bond motifs is 1. The lowest BCUT2D eigenvalue weighted by molar-refractivity contribution is 0.0882. The molecule has 0 unspecified atom stereocenters. The number of hydrogen-bond donors (Lipinski definition) is 1. The number of thiophene rings is 1. The van der Waals surface area contributed by atoms with E-state index in [9.17, 15) is 9.90 Å². The lowest BCUT2D eigenvalue weighted by Gasteiger charge is -2.31. The van der Waals surface area contributed by atoms with E-state index in [1.165, 1.54) is 16.9 Å². The van der Waals surface area contributed by atoms with Crippen LogP contribution in [0.1, 0.15) is 39.4 Å². The minimum atomic E-state index is -0.425. The molecule has 1 aliphatic heterocycles. The maximum absolute atomic E-state index is 11.3. The van der Waals surface area contributed by atoms with E-state index in [2.05, 4.69) is 11.0 Å². The molecule has 1 aromatic heterocycles. The average molecular weight is 287 g/mol. The molecule has 1 aliphatic rings. The summed E-state index contributed by atoms with van der Waals surface area (Å²) in [5, 5.41) is 12.2. The van der Waals surface area contributed by atoms with Crippen molar-refractivity contribution in [1.29, 1.82) is 0 Å². The van der Waals surface area contributed by atoms with Crippen molar-refractivity contribution in [1.82, 2.24) is 4.90 Å². The smallest absolute Gasteiger partial charge is 0.169 e. The van der Waals surface area contributed by atoms with E-state index >= 15 is 0 Å². The van der Waals surface area contributed by atoms with Crippen LogP contribution in [-0.2, 0) is 13.1 Å². The molecule has 3 nitrogen and oxygen atoms in total. The second-order valence-corrected chi connectivity index (χ2v) is 6.17. The number of hydrogen-bond acceptors (Lipinski definition) is 4. The Morgan fingerprint density at radius 3 is 3.00 bits per heavy atom. The Kier molecular flexibility index (Phi) is 3.70. The van der Waals surface area contributed by atoms with E-state index in [4.69, 9.17) is 0 Å². The van der Waals surface area contributed by atoms with Crippen molar-refractivity contribution in [2.45, 2.75) is 26.1 Å². The maximum atomic E-state index is 11.3. The molecule has 0 bridgehead atoms. The van der Waals surface area contributed by atoms with Gasteiger partial charge in [0.05, 0.1) is 11.0 Å². The molecule has 0 radical (unpaired) electrons. The Hall–Kier alpha value is -1.49. The largest absolute Gasteiger partial charge is 0.387 e. The lowest BCUT2D eigenvalue weighted by Crippen LogP contribution is -2.32. The molecule has 0 fully saturated rings. The molecular formula is C16H17NO2S. The summed E-state index contributed by atoms with van der Waals surface area (Å²) in [7, 11) is 0. The predicted molar refractivity (Wildman–Crippen MR) is 79.8 cm³/mol. The Morgan fingerprint density at radius 1 is 1.45 bits per heavy atom. The highest BCUT2D eigenvalue weighted by molar-refractivity contribution is 7.12. The van der Waals surface area contributed by atoms with Gasteiger partial charge in [-0.1, -0.05) is 24.3 Å². The van der Waals surface area contributed by atoms with Crippen molar-refractivity contribution in [3.63, 3.8) is 0 Å². The van der Waals surface area contributed by atoms with Crippen LogP contribution < -0.4 is 0 Å². The number of carbonyl (C=O) groups is 1. The second kappa shape index (κ2) is 5.48. The second-order valence-electron chi connectivity index (χ2n) is 5.26. The van der Waals surface area contributed by atoms with Gasteiger partial charge in [-0.25, -0.2) is 0 Å². The van der Waals surface area contributed by atoms with Gasteiger partial charge in [0.15, 0.2) is 5.78 Å². The average Bonchev–Trinajstić information content (AvgIpc) is 2.87. The maximum Gasteiger partial charge on any atom is 0.169 e. The molecule has 1 atom stereocenters. The van der Waals surface area contributed by atoms with Gasteiger partial charge in [0.2, 0.25) is 0 Å². The molecule has 3 rings (SSSR count). The Bertz CT molecular complexity index is 635. The van der Waals surface area contributed by atoms with Crippen LogP contribution in [0.4, 0.5) is 0 Å². The monoisotopic (exact) mass is 287 g/mol. The third-order valence-corrected chi connectivity index (χ3v) is 4.73. The van der Waals surface area contributed by atoms with Crippen molar-refractivity contribution in [2.75, 3.05) is 6.54 Å². The molecule has 0 amide bonds. The lowest BCUT2D eigenvalue weighted by atomic mass is 9.97. The summed E-state index contributed by atoms with van der Waals surface area (Å²) in [6.45, 7) is 3.85. The highest BCUT2D eigenvalue weighted by Gasteiger charge is 2.23. The summed E-state index contributed by atoms with van der Waals surface area (Å²) in [5.41, 5.74) is 3.37. The number of Topliss-reactive ketones (excluding diaryl/α,β-unsaturated/α-hetero) is 1. The number of aliphatic hydroxyl groups excluding tert-OH is 1. The fourth-order valence-electron chi connectivity index (χ4n) is 2.67. The van der Waals surface area contributed by atoms with Gasteiger partial charge in [-0.3, -0.25) is 9.69 Å². The highest BCUT2D eigenvalue weighted by Crippen LogP contribution is 2.28. The van der Waals surface area contributed by atoms with E-state index in [0.717, 1.165) is 29.1 Å². The van der Waals surface area contributed by atoms with Crippen LogP contribution in [-0.4, -0.2) is 22.3 Å². The first-order chi connectivity index (χ1) is 9.63. The Labute approximate surface area is 122 Å². The number of β-amino-alcohol motifs (C(OH)–C–C–N with tert-alkyl or cyclic N) is 1. The minimum Gasteiger partial charge on any atom is -0.387 e. The zero-order chi connectivity index (χ0) is 14.1. The molecule has 1 N–H and O–H groups in total. The molecule has 2 heterocycles.